The number of carboxylic acids is 1. The number of hydrogen-bond acceptors (Lipinski definition) is 3. The van der Waals surface area contributed by atoms with Crippen LogP contribution in [0, 0.1) is 17.8 Å². The summed E-state index contributed by atoms with van der Waals surface area (Å²) in [6.45, 7) is 7.15. The minimum atomic E-state index is -0.765. The highest BCUT2D eigenvalue weighted by atomic mass is 16.6. The van der Waals surface area contributed by atoms with E-state index in [1.165, 1.54) is 6.42 Å². The molecule has 1 aliphatic rings. The van der Waals surface area contributed by atoms with Gasteiger partial charge >= 0.3 is 12.1 Å². The maximum absolute atomic E-state index is 11.9. The van der Waals surface area contributed by atoms with Crippen LogP contribution in [0.2, 0.25) is 0 Å². The van der Waals surface area contributed by atoms with Gasteiger partial charge in [0.2, 0.25) is 0 Å². The van der Waals surface area contributed by atoms with Gasteiger partial charge in [0.15, 0.2) is 0 Å². The Morgan fingerprint density at radius 3 is 2.59 bits per heavy atom. The van der Waals surface area contributed by atoms with Gasteiger partial charge in [0.1, 0.15) is 6.10 Å². The van der Waals surface area contributed by atoms with Gasteiger partial charge in [0, 0.05) is 13.0 Å². The molecule has 1 rings (SSSR count). The number of carbonyl (C=O) groups excluding carboxylic acids is 1. The van der Waals surface area contributed by atoms with Crippen LogP contribution in [0.3, 0.4) is 0 Å². The smallest absolute Gasteiger partial charge is 0.407 e. The first kappa shape index (κ1) is 18.8. The molecule has 0 aliphatic heterocycles. The summed E-state index contributed by atoms with van der Waals surface area (Å²) in [5.74, 6) is 0.834. The SMILES string of the molecule is CC(C)[C@@H]1CC[C@@H](C)C[C@H]1OC(=O)NCCCCCC(=O)O. The van der Waals surface area contributed by atoms with E-state index in [4.69, 9.17) is 9.84 Å². The van der Waals surface area contributed by atoms with Crippen molar-refractivity contribution in [1.82, 2.24) is 5.32 Å². The molecule has 3 atom stereocenters. The Labute approximate surface area is 133 Å². The summed E-state index contributed by atoms with van der Waals surface area (Å²) < 4.78 is 5.64. The first-order valence-corrected chi connectivity index (χ1v) is 8.56. The zero-order valence-electron chi connectivity index (χ0n) is 14.1. The second kappa shape index (κ2) is 9.70. The van der Waals surface area contributed by atoms with Gasteiger partial charge in [-0.05, 0) is 43.4 Å². The van der Waals surface area contributed by atoms with E-state index in [-0.39, 0.29) is 18.6 Å². The van der Waals surface area contributed by atoms with Crippen LogP contribution >= 0.6 is 0 Å². The summed E-state index contributed by atoms with van der Waals surface area (Å²) in [5.41, 5.74) is 0. The Morgan fingerprint density at radius 1 is 1.23 bits per heavy atom. The lowest BCUT2D eigenvalue weighted by atomic mass is 9.75. The van der Waals surface area contributed by atoms with Crippen LogP contribution in [0.4, 0.5) is 4.79 Å². The second-order valence-corrected chi connectivity index (χ2v) is 6.90. The predicted octanol–water partition coefficient (Wildman–Crippen LogP) is 3.82. The molecule has 0 aromatic carbocycles. The van der Waals surface area contributed by atoms with Crippen LogP contribution in [0.5, 0.6) is 0 Å². The number of ether oxygens (including phenoxy) is 1. The quantitative estimate of drug-likeness (QED) is 0.668. The van der Waals surface area contributed by atoms with Crippen molar-refractivity contribution in [2.45, 2.75) is 71.8 Å². The van der Waals surface area contributed by atoms with Crippen molar-refractivity contribution in [2.24, 2.45) is 17.8 Å². The largest absolute Gasteiger partial charge is 0.481 e. The van der Waals surface area contributed by atoms with Crippen molar-refractivity contribution in [1.29, 1.82) is 0 Å². The molecular weight excluding hydrogens is 282 g/mol. The molecule has 5 nitrogen and oxygen atoms in total. The molecule has 0 spiro atoms. The van der Waals surface area contributed by atoms with Gasteiger partial charge in [-0.2, -0.15) is 0 Å². The molecule has 22 heavy (non-hydrogen) atoms. The van der Waals surface area contributed by atoms with Crippen molar-refractivity contribution in [3.8, 4) is 0 Å². The summed E-state index contributed by atoms with van der Waals surface area (Å²) in [6.07, 6.45) is 5.44. The lowest BCUT2D eigenvalue weighted by Crippen LogP contribution is -2.39. The van der Waals surface area contributed by atoms with E-state index < -0.39 is 5.97 Å². The van der Waals surface area contributed by atoms with Crippen LogP contribution in [-0.2, 0) is 9.53 Å². The van der Waals surface area contributed by atoms with E-state index in [1.807, 2.05) is 0 Å². The topological polar surface area (TPSA) is 75.6 Å². The highest BCUT2D eigenvalue weighted by Crippen LogP contribution is 2.35. The summed E-state index contributed by atoms with van der Waals surface area (Å²) in [6, 6.07) is 0. The van der Waals surface area contributed by atoms with Crippen LogP contribution in [0.1, 0.15) is 65.7 Å². The molecule has 0 saturated heterocycles. The maximum atomic E-state index is 11.9. The molecule has 128 valence electrons. The highest BCUT2D eigenvalue weighted by molar-refractivity contribution is 5.67. The average molecular weight is 313 g/mol. The standard InChI is InChI=1S/C17H31NO4/c1-12(2)14-9-8-13(3)11-15(14)22-17(21)18-10-6-4-5-7-16(19)20/h12-15H,4-11H2,1-3H3,(H,18,21)(H,19,20)/t13-,14+,15-/m1/s1. The lowest BCUT2D eigenvalue weighted by Gasteiger charge is -2.36. The van der Waals surface area contributed by atoms with Gasteiger partial charge in [0.25, 0.3) is 0 Å². The Kier molecular flexibility index (Phi) is 8.28. The molecular formula is C17H31NO4. The number of nitrogens with one attached hydrogen (secondary N) is 1. The normalized spacial score (nSPS) is 25.0. The minimum absolute atomic E-state index is 0.0239. The third-order valence-corrected chi connectivity index (χ3v) is 4.56. The number of alkyl carbamates (subject to hydrolysis) is 1. The van der Waals surface area contributed by atoms with Crippen molar-refractivity contribution < 1.29 is 19.4 Å². The van der Waals surface area contributed by atoms with Crippen molar-refractivity contribution in [3.63, 3.8) is 0 Å². The van der Waals surface area contributed by atoms with E-state index in [1.54, 1.807) is 0 Å². The van der Waals surface area contributed by atoms with Crippen LogP contribution in [0.25, 0.3) is 0 Å². The van der Waals surface area contributed by atoms with Gasteiger partial charge in [-0.25, -0.2) is 4.79 Å². The summed E-state index contributed by atoms with van der Waals surface area (Å²) in [4.78, 5) is 22.3. The average Bonchev–Trinajstić information content (AvgIpc) is 2.42. The zero-order valence-corrected chi connectivity index (χ0v) is 14.1. The molecule has 1 amide bonds. The fraction of sp³-hybridized carbons (Fsp3) is 0.882. The van der Waals surface area contributed by atoms with Gasteiger partial charge in [-0.3, -0.25) is 4.79 Å². The molecule has 2 N–H and O–H groups in total. The van der Waals surface area contributed by atoms with Gasteiger partial charge in [-0.15, -0.1) is 0 Å². The molecule has 0 radical (unpaired) electrons. The van der Waals surface area contributed by atoms with E-state index in [0.29, 0.717) is 30.7 Å². The van der Waals surface area contributed by atoms with E-state index in [9.17, 15) is 9.59 Å². The number of unbranched alkanes of at least 4 members (excludes halogenated alkanes) is 2. The summed E-state index contributed by atoms with van der Waals surface area (Å²) in [5, 5.41) is 11.3. The monoisotopic (exact) mass is 313 g/mol. The summed E-state index contributed by atoms with van der Waals surface area (Å²) >= 11 is 0. The Balaban J connectivity index is 2.23. The molecule has 5 heteroatoms. The molecule has 0 heterocycles. The van der Waals surface area contributed by atoms with Crippen molar-refractivity contribution in [3.05, 3.63) is 0 Å². The van der Waals surface area contributed by atoms with Crippen molar-refractivity contribution >= 4 is 12.1 Å². The van der Waals surface area contributed by atoms with Gasteiger partial charge < -0.3 is 15.2 Å². The number of rotatable bonds is 8. The number of carboxylic acid groups (broad SMARTS) is 1. The second-order valence-electron chi connectivity index (χ2n) is 6.90. The van der Waals surface area contributed by atoms with Crippen molar-refractivity contribution in [2.75, 3.05) is 6.54 Å². The number of amides is 1. The first-order valence-electron chi connectivity index (χ1n) is 8.56. The number of aliphatic carboxylic acids is 1. The fourth-order valence-corrected chi connectivity index (χ4v) is 3.20. The Morgan fingerprint density at radius 2 is 1.95 bits per heavy atom. The molecule has 1 fully saturated rings. The summed E-state index contributed by atoms with van der Waals surface area (Å²) in [7, 11) is 0. The number of carbonyl (C=O) groups is 2. The molecule has 1 aliphatic carbocycles. The van der Waals surface area contributed by atoms with Crippen LogP contribution < -0.4 is 5.32 Å². The highest BCUT2D eigenvalue weighted by Gasteiger charge is 2.33. The molecule has 0 unspecified atom stereocenters. The van der Waals surface area contributed by atoms with Crippen LogP contribution in [-0.4, -0.2) is 29.8 Å². The molecule has 1 saturated carbocycles. The van der Waals surface area contributed by atoms with Gasteiger partial charge in [0.05, 0.1) is 0 Å². The molecule has 0 bridgehead atoms. The van der Waals surface area contributed by atoms with E-state index in [0.717, 1.165) is 25.7 Å². The fourth-order valence-electron chi connectivity index (χ4n) is 3.20. The van der Waals surface area contributed by atoms with Gasteiger partial charge in [-0.1, -0.05) is 33.6 Å². The lowest BCUT2D eigenvalue weighted by molar-refractivity contribution is -0.137. The molecule has 0 aromatic rings. The Hall–Kier alpha value is -1.26. The number of hydrogen-bond donors (Lipinski definition) is 2. The predicted molar refractivity (Wildman–Crippen MR) is 85.7 cm³/mol. The zero-order chi connectivity index (χ0) is 16.5. The maximum Gasteiger partial charge on any atom is 0.407 e. The molecule has 0 aromatic heterocycles. The third-order valence-electron chi connectivity index (χ3n) is 4.56. The van der Waals surface area contributed by atoms with E-state index >= 15 is 0 Å². The first-order chi connectivity index (χ1) is 10.4. The van der Waals surface area contributed by atoms with E-state index in [2.05, 4.69) is 26.1 Å². The minimum Gasteiger partial charge on any atom is -0.481 e. The third kappa shape index (κ3) is 7.14. The Bertz CT molecular complexity index is 357. The van der Waals surface area contributed by atoms with Crippen LogP contribution in [0.15, 0.2) is 0 Å².